The highest BCUT2D eigenvalue weighted by atomic mass is 16.5. The van der Waals surface area contributed by atoms with Crippen LogP contribution in [-0.2, 0) is 4.79 Å². The number of hydrogen-bond donors (Lipinski definition) is 1. The average Bonchev–Trinajstić information content (AvgIpc) is 3.26. The van der Waals surface area contributed by atoms with E-state index in [-0.39, 0.29) is 23.6 Å². The lowest BCUT2D eigenvalue weighted by atomic mass is 9.91. The van der Waals surface area contributed by atoms with Crippen molar-refractivity contribution in [1.82, 2.24) is 20.3 Å². The van der Waals surface area contributed by atoms with Gasteiger partial charge in [-0.2, -0.15) is 0 Å². The Morgan fingerprint density at radius 1 is 1.40 bits per heavy atom. The summed E-state index contributed by atoms with van der Waals surface area (Å²) in [7, 11) is 0. The molecule has 3 rings (SSSR count). The van der Waals surface area contributed by atoms with Crippen molar-refractivity contribution in [3.05, 3.63) is 17.5 Å². The molecule has 1 N–H and O–H groups in total. The predicted molar refractivity (Wildman–Crippen MR) is 93.1 cm³/mol. The Kier molecular flexibility index (Phi) is 5.42. The summed E-state index contributed by atoms with van der Waals surface area (Å²) in [6, 6.07) is 1.75. The maximum Gasteiger partial charge on any atom is 0.290 e. The van der Waals surface area contributed by atoms with E-state index in [1.54, 1.807) is 13.0 Å². The second-order valence-corrected chi connectivity index (χ2v) is 7.56. The molecule has 0 aliphatic carbocycles. The minimum Gasteiger partial charge on any atom is -0.351 e. The quantitative estimate of drug-likeness (QED) is 0.838. The van der Waals surface area contributed by atoms with Gasteiger partial charge in [0.1, 0.15) is 0 Å². The van der Waals surface area contributed by atoms with Gasteiger partial charge < -0.3 is 14.7 Å². The molecule has 2 saturated heterocycles. The number of hydrogen-bond acceptors (Lipinski definition) is 5. The lowest BCUT2D eigenvalue weighted by molar-refractivity contribution is -0.127. The van der Waals surface area contributed by atoms with E-state index >= 15 is 0 Å². The van der Waals surface area contributed by atoms with E-state index in [1.165, 1.54) is 0 Å². The monoisotopic (exact) mass is 348 g/mol. The maximum atomic E-state index is 12.4. The van der Waals surface area contributed by atoms with Crippen LogP contribution in [0.2, 0.25) is 0 Å². The fourth-order valence-corrected chi connectivity index (χ4v) is 3.84. The fourth-order valence-electron chi connectivity index (χ4n) is 3.84. The van der Waals surface area contributed by atoms with Crippen molar-refractivity contribution in [1.29, 1.82) is 0 Å². The first-order valence-corrected chi connectivity index (χ1v) is 9.18. The van der Waals surface area contributed by atoms with Gasteiger partial charge in [0.2, 0.25) is 11.7 Å². The van der Waals surface area contributed by atoms with Gasteiger partial charge in [0.25, 0.3) is 5.91 Å². The summed E-state index contributed by atoms with van der Waals surface area (Å²) in [5, 5.41) is 6.89. The Balaban J connectivity index is 1.56. The van der Waals surface area contributed by atoms with Crippen LogP contribution in [0.5, 0.6) is 0 Å². The molecule has 2 aliphatic rings. The molecule has 3 heterocycles. The fraction of sp³-hybridized carbons (Fsp3) is 0.722. The number of aryl methyl sites for hydroxylation is 1. The van der Waals surface area contributed by atoms with Gasteiger partial charge in [0.15, 0.2) is 0 Å². The van der Waals surface area contributed by atoms with Gasteiger partial charge in [-0.25, -0.2) is 0 Å². The number of carbonyl (C=O) groups is 2. The van der Waals surface area contributed by atoms with Crippen LogP contribution in [0.4, 0.5) is 0 Å². The van der Waals surface area contributed by atoms with Crippen molar-refractivity contribution in [2.45, 2.75) is 39.7 Å². The lowest BCUT2D eigenvalue weighted by Gasteiger charge is -2.22. The maximum absolute atomic E-state index is 12.4. The van der Waals surface area contributed by atoms with Crippen molar-refractivity contribution >= 4 is 11.8 Å². The molecule has 2 atom stereocenters. The van der Waals surface area contributed by atoms with Crippen molar-refractivity contribution in [2.75, 3.05) is 32.7 Å². The molecule has 1 aromatic rings. The molecule has 0 unspecified atom stereocenters. The third-order valence-electron chi connectivity index (χ3n) is 5.32. The number of amides is 2. The number of nitrogens with zero attached hydrogens (tertiary/aromatic N) is 3. The van der Waals surface area contributed by atoms with E-state index < -0.39 is 0 Å². The number of likely N-dealkylation sites (tertiary alicyclic amines) is 2. The Hall–Kier alpha value is -1.89. The largest absolute Gasteiger partial charge is 0.351 e. The second kappa shape index (κ2) is 7.56. The van der Waals surface area contributed by atoms with Crippen LogP contribution in [0.1, 0.15) is 42.9 Å². The number of aromatic nitrogens is 1. The summed E-state index contributed by atoms with van der Waals surface area (Å²) in [5.41, 5.74) is 0.703. The zero-order valence-electron chi connectivity index (χ0n) is 15.3. The van der Waals surface area contributed by atoms with Crippen LogP contribution in [0.15, 0.2) is 10.6 Å². The molecule has 2 fully saturated rings. The summed E-state index contributed by atoms with van der Waals surface area (Å²) in [6.45, 7) is 10.5. The van der Waals surface area contributed by atoms with Crippen molar-refractivity contribution in [3.8, 4) is 0 Å². The SMILES string of the molecule is Cc1cc(C(=O)N[C@H]2CN(CCN3CCCC3=O)C[C@@H]2C(C)C)on1. The van der Waals surface area contributed by atoms with Gasteiger partial charge >= 0.3 is 0 Å². The topological polar surface area (TPSA) is 78.7 Å². The van der Waals surface area contributed by atoms with E-state index in [1.807, 2.05) is 4.90 Å². The van der Waals surface area contributed by atoms with E-state index in [0.29, 0.717) is 24.0 Å². The number of nitrogens with one attached hydrogen (secondary N) is 1. The van der Waals surface area contributed by atoms with Gasteiger partial charge in [-0.15, -0.1) is 0 Å². The lowest BCUT2D eigenvalue weighted by Crippen LogP contribution is -2.42. The molecule has 7 nitrogen and oxygen atoms in total. The summed E-state index contributed by atoms with van der Waals surface area (Å²) in [6.07, 6.45) is 1.66. The highest BCUT2D eigenvalue weighted by Crippen LogP contribution is 2.25. The standard InChI is InChI=1S/C18H28N4O3/c1-12(2)14-10-21(7-8-22-6-4-5-17(22)23)11-15(14)19-18(24)16-9-13(3)20-25-16/h9,12,14-15H,4-8,10-11H2,1-3H3,(H,19,24)/t14-,15+/m1/s1. The van der Waals surface area contributed by atoms with Gasteiger partial charge in [0.05, 0.1) is 5.69 Å². The first-order chi connectivity index (χ1) is 11.9. The van der Waals surface area contributed by atoms with Crippen LogP contribution < -0.4 is 5.32 Å². The van der Waals surface area contributed by atoms with Crippen LogP contribution in [0.3, 0.4) is 0 Å². The van der Waals surface area contributed by atoms with Crippen molar-refractivity contribution < 1.29 is 14.1 Å². The van der Waals surface area contributed by atoms with Crippen LogP contribution in [0.25, 0.3) is 0 Å². The van der Waals surface area contributed by atoms with Crippen LogP contribution in [0, 0.1) is 18.8 Å². The highest BCUT2D eigenvalue weighted by molar-refractivity contribution is 5.91. The second-order valence-electron chi connectivity index (χ2n) is 7.56. The minimum atomic E-state index is -0.201. The summed E-state index contributed by atoms with van der Waals surface area (Å²) < 4.78 is 5.07. The third-order valence-corrected chi connectivity index (χ3v) is 5.32. The third kappa shape index (κ3) is 4.21. The molecule has 138 valence electrons. The molecule has 2 aliphatic heterocycles. The molecular weight excluding hydrogens is 320 g/mol. The Labute approximate surface area is 148 Å². The van der Waals surface area contributed by atoms with Gasteiger partial charge in [0, 0.05) is 51.3 Å². The zero-order chi connectivity index (χ0) is 18.0. The number of carbonyl (C=O) groups excluding carboxylic acids is 2. The Morgan fingerprint density at radius 2 is 2.20 bits per heavy atom. The van der Waals surface area contributed by atoms with E-state index in [9.17, 15) is 9.59 Å². The van der Waals surface area contributed by atoms with Crippen LogP contribution >= 0.6 is 0 Å². The molecule has 0 spiro atoms. The summed E-state index contributed by atoms with van der Waals surface area (Å²) >= 11 is 0. The molecule has 25 heavy (non-hydrogen) atoms. The Morgan fingerprint density at radius 3 is 2.80 bits per heavy atom. The van der Waals surface area contributed by atoms with Gasteiger partial charge in [-0.05, 0) is 25.2 Å². The van der Waals surface area contributed by atoms with Crippen molar-refractivity contribution in [3.63, 3.8) is 0 Å². The normalized spacial score (nSPS) is 24.5. The summed E-state index contributed by atoms with van der Waals surface area (Å²) in [4.78, 5) is 28.4. The van der Waals surface area contributed by atoms with E-state index in [2.05, 4.69) is 29.2 Å². The zero-order valence-corrected chi connectivity index (χ0v) is 15.3. The number of rotatable bonds is 6. The molecular formula is C18H28N4O3. The molecule has 0 bridgehead atoms. The molecule has 0 aromatic carbocycles. The van der Waals surface area contributed by atoms with E-state index in [0.717, 1.165) is 39.1 Å². The summed E-state index contributed by atoms with van der Waals surface area (Å²) in [5.74, 6) is 1.20. The molecule has 1 aromatic heterocycles. The first kappa shape index (κ1) is 17.9. The minimum absolute atomic E-state index is 0.0900. The van der Waals surface area contributed by atoms with Crippen LogP contribution in [-0.4, -0.2) is 65.5 Å². The molecule has 0 radical (unpaired) electrons. The Bertz CT molecular complexity index is 628. The molecule has 0 saturated carbocycles. The van der Waals surface area contributed by atoms with Gasteiger partial charge in [-0.3, -0.25) is 14.5 Å². The highest BCUT2D eigenvalue weighted by Gasteiger charge is 2.36. The van der Waals surface area contributed by atoms with E-state index in [4.69, 9.17) is 4.52 Å². The predicted octanol–water partition coefficient (Wildman–Crippen LogP) is 1.29. The molecule has 7 heteroatoms. The molecule has 2 amide bonds. The van der Waals surface area contributed by atoms with Gasteiger partial charge in [-0.1, -0.05) is 19.0 Å². The smallest absolute Gasteiger partial charge is 0.290 e. The van der Waals surface area contributed by atoms with Crippen molar-refractivity contribution in [2.24, 2.45) is 11.8 Å². The average molecular weight is 348 g/mol. The first-order valence-electron chi connectivity index (χ1n) is 9.18.